The van der Waals surface area contributed by atoms with Crippen LogP contribution in [0.1, 0.15) is 181 Å². The first-order chi connectivity index (χ1) is 26.1. The fourth-order valence-electron chi connectivity index (χ4n) is 6.42. The van der Waals surface area contributed by atoms with Gasteiger partial charge >= 0.3 is 5.97 Å². The summed E-state index contributed by atoms with van der Waals surface area (Å²) in [6, 6.07) is 21.5. The van der Waals surface area contributed by atoms with Gasteiger partial charge in [0.1, 0.15) is 17.2 Å². The second kappa shape index (κ2) is 28.6. The Hall–Kier alpha value is -3.86. The lowest BCUT2D eigenvalue weighted by Gasteiger charge is -2.08. The van der Waals surface area contributed by atoms with E-state index in [1.807, 2.05) is 24.3 Å². The van der Waals surface area contributed by atoms with Crippen LogP contribution in [0.5, 0.6) is 17.2 Å². The fourth-order valence-corrected chi connectivity index (χ4v) is 6.42. The van der Waals surface area contributed by atoms with E-state index in [2.05, 4.69) is 13.8 Å². The van der Waals surface area contributed by atoms with Crippen molar-refractivity contribution in [2.24, 2.45) is 0 Å². The molecular weight excluding hydrogens is 657 g/mol. The van der Waals surface area contributed by atoms with Gasteiger partial charge in [0, 0.05) is 5.56 Å². The molecule has 3 aromatic rings. The summed E-state index contributed by atoms with van der Waals surface area (Å²) < 4.78 is 17.4. The predicted octanol–water partition coefficient (Wildman–Crippen LogP) is 14.2. The maximum atomic E-state index is 12.9. The van der Waals surface area contributed by atoms with Crippen LogP contribution in [0.4, 0.5) is 0 Å². The van der Waals surface area contributed by atoms with Gasteiger partial charge in [-0.25, -0.2) is 4.79 Å². The summed E-state index contributed by atoms with van der Waals surface area (Å²) in [5, 5.41) is 0. The van der Waals surface area contributed by atoms with Crippen molar-refractivity contribution in [1.82, 2.24) is 0 Å². The lowest BCUT2D eigenvalue weighted by atomic mass is 10.1. The van der Waals surface area contributed by atoms with Gasteiger partial charge in [0.25, 0.3) is 0 Å². The molecule has 0 aromatic heterocycles. The Balaban J connectivity index is 1.29. The Morgan fingerprint density at radius 3 is 1.38 bits per heavy atom. The molecule has 0 aliphatic heterocycles. The normalized spacial score (nSPS) is 11.2. The Bertz CT molecular complexity index is 1410. The average molecular weight is 725 g/mol. The van der Waals surface area contributed by atoms with E-state index in [-0.39, 0.29) is 5.78 Å². The first kappa shape index (κ1) is 43.5. The van der Waals surface area contributed by atoms with E-state index in [0.717, 1.165) is 36.5 Å². The molecule has 5 nitrogen and oxygen atoms in total. The number of hydrogen-bond donors (Lipinski definition) is 0. The number of esters is 1. The van der Waals surface area contributed by atoms with Crippen LogP contribution in [-0.2, 0) is 0 Å². The molecule has 0 atom stereocenters. The summed E-state index contributed by atoms with van der Waals surface area (Å²) in [5.41, 5.74) is 1.79. The van der Waals surface area contributed by atoms with Crippen LogP contribution in [0, 0.1) is 0 Å². The minimum absolute atomic E-state index is 0.168. The molecular formula is C48H68O5. The second-order valence-electron chi connectivity index (χ2n) is 14.5. The number of carbonyl (C=O) groups excluding carboxylic acids is 2. The lowest BCUT2D eigenvalue weighted by Crippen LogP contribution is -2.09. The first-order valence-corrected chi connectivity index (χ1v) is 21.1. The highest BCUT2D eigenvalue weighted by Crippen LogP contribution is 2.20. The Morgan fingerprint density at radius 2 is 0.906 bits per heavy atom. The smallest absolute Gasteiger partial charge is 0.343 e. The molecule has 0 saturated heterocycles. The van der Waals surface area contributed by atoms with Crippen LogP contribution in [-0.4, -0.2) is 25.0 Å². The summed E-state index contributed by atoms with van der Waals surface area (Å²) >= 11 is 0. The van der Waals surface area contributed by atoms with Crippen molar-refractivity contribution < 1.29 is 23.8 Å². The Kier molecular flexibility index (Phi) is 23.5. The number of unbranched alkanes of at least 4 members (excludes halogenated alkanes) is 20. The van der Waals surface area contributed by atoms with Crippen molar-refractivity contribution in [2.75, 3.05) is 13.2 Å². The van der Waals surface area contributed by atoms with Crippen molar-refractivity contribution in [3.05, 3.63) is 95.6 Å². The molecule has 0 fully saturated rings. The summed E-state index contributed by atoms with van der Waals surface area (Å²) in [7, 11) is 0. The van der Waals surface area contributed by atoms with E-state index >= 15 is 0 Å². The predicted molar refractivity (Wildman–Crippen MR) is 222 cm³/mol. The molecule has 0 aliphatic carbocycles. The molecule has 0 saturated carbocycles. The van der Waals surface area contributed by atoms with Crippen LogP contribution < -0.4 is 14.2 Å². The highest BCUT2D eigenvalue weighted by molar-refractivity contribution is 6.07. The van der Waals surface area contributed by atoms with Gasteiger partial charge in [-0.3, -0.25) is 4.79 Å². The number of allylic oxidation sites excluding steroid dienone is 1. The van der Waals surface area contributed by atoms with Gasteiger partial charge in [-0.2, -0.15) is 0 Å². The number of benzene rings is 3. The first-order valence-electron chi connectivity index (χ1n) is 21.1. The monoisotopic (exact) mass is 725 g/mol. The van der Waals surface area contributed by atoms with E-state index < -0.39 is 5.97 Å². The largest absolute Gasteiger partial charge is 0.494 e. The van der Waals surface area contributed by atoms with Gasteiger partial charge in [-0.1, -0.05) is 173 Å². The molecule has 0 N–H and O–H groups in total. The molecule has 0 bridgehead atoms. The van der Waals surface area contributed by atoms with Crippen molar-refractivity contribution in [2.45, 2.75) is 155 Å². The maximum absolute atomic E-state index is 12.9. The molecule has 0 aliphatic rings. The third-order valence-electron chi connectivity index (χ3n) is 9.76. The number of ketones is 1. The van der Waals surface area contributed by atoms with Crippen molar-refractivity contribution in [1.29, 1.82) is 0 Å². The van der Waals surface area contributed by atoms with Gasteiger partial charge in [0.15, 0.2) is 5.78 Å². The number of rotatable bonds is 31. The second-order valence-corrected chi connectivity index (χ2v) is 14.5. The summed E-state index contributed by atoms with van der Waals surface area (Å²) in [6.07, 6.45) is 32.1. The summed E-state index contributed by atoms with van der Waals surface area (Å²) in [4.78, 5) is 25.8. The van der Waals surface area contributed by atoms with Gasteiger partial charge in [-0.15, -0.1) is 0 Å². The highest BCUT2D eigenvalue weighted by Gasteiger charge is 2.11. The number of ether oxygens (including phenoxy) is 3. The van der Waals surface area contributed by atoms with Crippen LogP contribution in [0.25, 0.3) is 6.08 Å². The van der Waals surface area contributed by atoms with Crippen LogP contribution in [0.15, 0.2) is 78.9 Å². The molecule has 0 radical (unpaired) electrons. The van der Waals surface area contributed by atoms with Crippen LogP contribution in [0.2, 0.25) is 0 Å². The number of hydrogen-bond acceptors (Lipinski definition) is 5. The third kappa shape index (κ3) is 20.3. The number of carbonyl (C=O) groups is 2. The molecule has 3 aromatic carbocycles. The molecule has 0 heterocycles. The lowest BCUT2D eigenvalue weighted by molar-refractivity contribution is 0.0733. The molecule has 5 heteroatoms. The third-order valence-corrected chi connectivity index (χ3v) is 9.76. The molecule has 0 unspecified atom stereocenters. The van der Waals surface area contributed by atoms with E-state index in [1.165, 1.54) is 134 Å². The van der Waals surface area contributed by atoms with E-state index in [4.69, 9.17) is 14.2 Å². The molecule has 0 spiro atoms. The molecule has 290 valence electrons. The minimum Gasteiger partial charge on any atom is -0.494 e. The van der Waals surface area contributed by atoms with Crippen LogP contribution >= 0.6 is 0 Å². The summed E-state index contributed by atoms with van der Waals surface area (Å²) in [6.45, 7) is 5.93. The van der Waals surface area contributed by atoms with Crippen molar-refractivity contribution in [3.63, 3.8) is 0 Å². The van der Waals surface area contributed by atoms with E-state index in [1.54, 1.807) is 54.6 Å². The van der Waals surface area contributed by atoms with Crippen molar-refractivity contribution >= 4 is 17.8 Å². The molecule has 53 heavy (non-hydrogen) atoms. The van der Waals surface area contributed by atoms with Crippen LogP contribution in [0.3, 0.4) is 0 Å². The quantitative estimate of drug-likeness (QED) is 0.0217. The SMILES string of the molecule is CCCCCCCCCCCCCCOc1ccc(C(=O)Oc2cccc(C(=O)/C=C/c3ccc(OCCCCCCCCCCCC)cc3)c2)cc1. The zero-order valence-electron chi connectivity index (χ0n) is 33.1. The fraction of sp³-hybridized carbons (Fsp3) is 0.542. The highest BCUT2D eigenvalue weighted by atomic mass is 16.5. The Morgan fingerprint density at radius 1 is 0.472 bits per heavy atom. The van der Waals surface area contributed by atoms with E-state index in [9.17, 15) is 9.59 Å². The minimum atomic E-state index is -0.479. The summed E-state index contributed by atoms with van der Waals surface area (Å²) in [5.74, 6) is 1.27. The van der Waals surface area contributed by atoms with Gasteiger partial charge in [0.2, 0.25) is 0 Å². The maximum Gasteiger partial charge on any atom is 0.343 e. The topological polar surface area (TPSA) is 61.8 Å². The zero-order valence-corrected chi connectivity index (χ0v) is 33.1. The standard InChI is InChI=1S/C48H68O5/c1-3-5-7-9-11-13-15-16-18-20-22-24-39-52-45-35-31-42(32-36-45)48(50)53-46-27-25-26-43(40-46)47(49)37-30-41-28-33-44(34-29-41)51-38-23-21-19-17-14-12-10-8-6-4-2/h25-37,40H,3-24,38-39H2,1-2H3/b37-30+. The van der Waals surface area contributed by atoms with Gasteiger partial charge < -0.3 is 14.2 Å². The Labute approximate surface area is 321 Å². The van der Waals surface area contributed by atoms with E-state index in [0.29, 0.717) is 23.5 Å². The molecule has 3 rings (SSSR count). The molecule has 0 amide bonds. The van der Waals surface area contributed by atoms with Gasteiger partial charge in [0.05, 0.1) is 18.8 Å². The average Bonchev–Trinajstić information content (AvgIpc) is 3.18. The zero-order chi connectivity index (χ0) is 37.6. The van der Waals surface area contributed by atoms with Crippen molar-refractivity contribution in [3.8, 4) is 17.2 Å². The van der Waals surface area contributed by atoms with Gasteiger partial charge in [-0.05, 0) is 73.0 Å².